The predicted octanol–water partition coefficient (Wildman–Crippen LogP) is 2.21. The average Bonchev–Trinajstić information content (AvgIpc) is 2.52. The fourth-order valence-corrected chi connectivity index (χ4v) is 3.08. The van der Waals surface area contributed by atoms with Crippen molar-refractivity contribution < 1.29 is 18.0 Å². The molecule has 2 rings (SSSR count). The van der Waals surface area contributed by atoms with E-state index in [9.17, 15) is 18.0 Å². The Morgan fingerprint density at radius 3 is 2.56 bits per heavy atom. The van der Waals surface area contributed by atoms with E-state index in [0.29, 0.717) is 12.8 Å². The third-order valence-electron chi connectivity index (χ3n) is 3.64. The zero-order chi connectivity index (χ0) is 13.5. The van der Waals surface area contributed by atoms with Crippen LogP contribution >= 0.6 is 12.2 Å². The van der Waals surface area contributed by atoms with Gasteiger partial charge in [-0.2, -0.15) is 13.2 Å². The number of alkyl halides is 3. The molecule has 1 amide bonds. The molecule has 1 aliphatic carbocycles. The molecule has 0 aromatic rings. The fraction of sp³-hybridized carbons (Fsp3) is 0.818. The van der Waals surface area contributed by atoms with E-state index in [2.05, 4.69) is 5.32 Å². The van der Waals surface area contributed by atoms with Gasteiger partial charge >= 0.3 is 6.18 Å². The van der Waals surface area contributed by atoms with E-state index in [1.807, 2.05) is 0 Å². The molecular weight excluding hydrogens is 265 g/mol. The highest BCUT2D eigenvalue weighted by Crippen LogP contribution is 2.39. The van der Waals surface area contributed by atoms with Gasteiger partial charge in [-0.3, -0.25) is 9.69 Å². The molecule has 2 fully saturated rings. The summed E-state index contributed by atoms with van der Waals surface area (Å²) in [6.45, 7) is 1.67. The molecule has 1 saturated carbocycles. The zero-order valence-electron chi connectivity index (χ0n) is 9.96. The lowest BCUT2D eigenvalue weighted by Crippen LogP contribution is -2.45. The van der Waals surface area contributed by atoms with Crippen molar-refractivity contribution in [2.45, 2.75) is 50.9 Å². The number of hydrogen-bond donors (Lipinski definition) is 1. The summed E-state index contributed by atoms with van der Waals surface area (Å²) >= 11 is 5.02. The van der Waals surface area contributed by atoms with Gasteiger partial charge in [0.15, 0.2) is 5.11 Å². The second-order valence-electron chi connectivity index (χ2n) is 4.94. The first-order valence-corrected chi connectivity index (χ1v) is 6.42. The third kappa shape index (κ3) is 2.46. The van der Waals surface area contributed by atoms with Gasteiger partial charge in [-0.1, -0.05) is 6.42 Å². The minimum Gasteiger partial charge on any atom is -0.351 e. The molecule has 102 valence electrons. The minimum absolute atomic E-state index is 0.0379. The molecule has 1 aliphatic heterocycles. The summed E-state index contributed by atoms with van der Waals surface area (Å²) in [5.41, 5.74) is 0. The van der Waals surface area contributed by atoms with Crippen molar-refractivity contribution >= 4 is 23.2 Å². The van der Waals surface area contributed by atoms with Gasteiger partial charge < -0.3 is 5.32 Å². The number of amides is 1. The second-order valence-corrected chi connectivity index (χ2v) is 5.33. The summed E-state index contributed by atoms with van der Waals surface area (Å²) < 4.78 is 38.2. The van der Waals surface area contributed by atoms with Crippen LogP contribution in [-0.4, -0.2) is 34.2 Å². The van der Waals surface area contributed by atoms with Crippen LogP contribution in [0.2, 0.25) is 0 Å². The maximum Gasteiger partial charge on any atom is 0.391 e. The Hall–Kier alpha value is -0.850. The molecule has 0 aromatic heterocycles. The Labute approximate surface area is 109 Å². The van der Waals surface area contributed by atoms with Gasteiger partial charge in [0.2, 0.25) is 0 Å². The molecule has 3 nitrogen and oxygen atoms in total. The second kappa shape index (κ2) is 4.68. The number of halogens is 3. The van der Waals surface area contributed by atoms with E-state index in [1.165, 1.54) is 4.90 Å². The van der Waals surface area contributed by atoms with E-state index in [0.717, 1.165) is 0 Å². The monoisotopic (exact) mass is 280 g/mol. The Morgan fingerprint density at radius 1 is 1.39 bits per heavy atom. The first-order valence-electron chi connectivity index (χ1n) is 6.01. The quantitative estimate of drug-likeness (QED) is 0.747. The highest BCUT2D eigenvalue weighted by Gasteiger charge is 2.46. The van der Waals surface area contributed by atoms with Crippen LogP contribution in [0.25, 0.3) is 0 Å². The molecule has 0 unspecified atom stereocenters. The van der Waals surface area contributed by atoms with Gasteiger partial charge in [-0.05, 0) is 38.4 Å². The first kappa shape index (κ1) is 13.6. The molecule has 1 N–H and O–H groups in total. The summed E-state index contributed by atoms with van der Waals surface area (Å²) in [4.78, 5) is 13.2. The van der Waals surface area contributed by atoms with Gasteiger partial charge in [0, 0.05) is 6.04 Å². The van der Waals surface area contributed by atoms with Crippen molar-refractivity contribution in [2.75, 3.05) is 0 Å². The van der Waals surface area contributed by atoms with Gasteiger partial charge in [-0.15, -0.1) is 0 Å². The van der Waals surface area contributed by atoms with Crippen molar-refractivity contribution in [1.29, 1.82) is 0 Å². The number of carbonyl (C=O) groups is 1. The first-order chi connectivity index (χ1) is 8.30. The molecule has 0 radical (unpaired) electrons. The molecule has 3 atom stereocenters. The van der Waals surface area contributed by atoms with Gasteiger partial charge in [0.1, 0.15) is 6.04 Å². The molecule has 0 bridgehead atoms. The number of nitrogens with one attached hydrogen (secondary N) is 1. The van der Waals surface area contributed by atoms with E-state index >= 15 is 0 Å². The van der Waals surface area contributed by atoms with Crippen LogP contribution < -0.4 is 5.32 Å². The third-order valence-corrected chi connectivity index (χ3v) is 3.96. The normalized spacial score (nSPS) is 33.8. The van der Waals surface area contributed by atoms with Crippen LogP contribution in [0.3, 0.4) is 0 Å². The van der Waals surface area contributed by atoms with Crippen molar-refractivity contribution in [3.8, 4) is 0 Å². The maximum atomic E-state index is 12.7. The predicted molar refractivity (Wildman–Crippen MR) is 63.8 cm³/mol. The number of hydrogen-bond acceptors (Lipinski definition) is 2. The molecule has 1 saturated heterocycles. The van der Waals surface area contributed by atoms with Crippen molar-refractivity contribution in [2.24, 2.45) is 5.92 Å². The SMILES string of the molecule is C[C@H]1NC(=S)N([C@H]2CCC[C@@H](C(F)(F)F)C2)C1=O. The highest BCUT2D eigenvalue weighted by molar-refractivity contribution is 7.80. The van der Waals surface area contributed by atoms with Gasteiger partial charge in [-0.25, -0.2) is 0 Å². The van der Waals surface area contributed by atoms with Gasteiger partial charge in [0.25, 0.3) is 5.91 Å². The van der Waals surface area contributed by atoms with Crippen molar-refractivity contribution in [3.63, 3.8) is 0 Å². The van der Waals surface area contributed by atoms with Crippen LogP contribution in [0, 0.1) is 5.92 Å². The molecule has 0 aromatic carbocycles. The fourth-order valence-electron chi connectivity index (χ4n) is 2.67. The molecule has 2 aliphatic rings. The molecule has 18 heavy (non-hydrogen) atoms. The Balaban J connectivity index is 2.10. The van der Waals surface area contributed by atoms with E-state index in [-0.39, 0.29) is 23.9 Å². The summed E-state index contributed by atoms with van der Waals surface area (Å²) in [5.74, 6) is -1.53. The number of rotatable bonds is 1. The lowest BCUT2D eigenvalue weighted by molar-refractivity contribution is -0.186. The molecule has 1 heterocycles. The minimum atomic E-state index is -4.18. The van der Waals surface area contributed by atoms with E-state index in [4.69, 9.17) is 12.2 Å². The van der Waals surface area contributed by atoms with E-state index in [1.54, 1.807) is 6.92 Å². The van der Waals surface area contributed by atoms with Crippen LogP contribution in [0.15, 0.2) is 0 Å². The van der Waals surface area contributed by atoms with Crippen LogP contribution in [0.1, 0.15) is 32.6 Å². The van der Waals surface area contributed by atoms with Crippen LogP contribution in [0.5, 0.6) is 0 Å². The van der Waals surface area contributed by atoms with Crippen molar-refractivity contribution in [3.05, 3.63) is 0 Å². The average molecular weight is 280 g/mol. The van der Waals surface area contributed by atoms with Crippen LogP contribution in [-0.2, 0) is 4.79 Å². The van der Waals surface area contributed by atoms with E-state index < -0.39 is 24.2 Å². The molecule has 7 heteroatoms. The maximum absolute atomic E-state index is 12.7. The summed E-state index contributed by atoms with van der Waals surface area (Å²) in [5, 5.41) is 3.06. The Kier molecular flexibility index (Phi) is 3.53. The van der Waals surface area contributed by atoms with Crippen molar-refractivity contribution in [1.82, 2.24) is 10.2 Å². The van der Waals surface area contributed by atoms with Gasteiger partial charge in [0.05, 0.1) is 5.92 Å². The number of nitrogens with zero attached hydrogens (tertiary/aromatic N) is 1. The summed E-state index contributed by atoms with van der Waals surface area (Å²) in [6.07, 6.45) is -2.99. The zero-order valence-corrected chi connectivity index (χ0v) is 10.8. The summed E-state index contributed by atoms with van der Waals surface area (Å²) in [7, 11) is 0. The smallest absolute Gasteiger partial charge is 0.351 e. The largest absolute Gasteiger partial charge is 0.391 e. The topological polar surface area (TPSA) is 32.3 Å². The number of carbonyl (C=O) groups excluding carboxylic acids is 1. The standard InChI is InChI=1S/C11H15F3N2OS/c1-6-9(17)16(10(18)15-6)8-4-2-3-7(5-8)11(12,13)14/h6-8H,2-5H2,1H3,(H,15,18)/t6-,7-,8+/m1/s1. The lowest BCUT2D eigenvalue weighted by Gasteiger charge is -2.35. The Bertz CT molecular complexity index is 372. The molecular formula is C11H15F3N2OS. The number of thiocarbonyl (C=S) groups is 1. The summed E-state index contributed by atoms with van der Waals surface area (Å²) in [6, 6.07) is -0.841. The Morgan fingerprint density at radius 2 is 2.06 bits per heavy atom. The lowest BCUT2D eigenvalue weighted by atomic mass is 9.84. The highest BCUT2D eigenvalue weighted by atomic mass is 32.1. The molecule has 0 spiro atoms. The van der Waals surface area contributed by atoms with Crippen LogP contribution in [0.4, 0.5) is 13.2 Å².